The Balaban J connectivity index is 1.32. The number of imide groups is 1. The molecular formula is C22H28N4O3. The maximum Gasteiger partial charge on any atom is 0.255 e. The fraction of sp³-hybridized carbons (Fsp3) is 0.591. The molecule has 1 unspecified atom stereocenters. The topological polar surface area (TPSA) is 81.8 Å². The van der Waals surface area contributed by atoms with Crippen molar-refractivity contribution in [2.75, 3.05) is 19.6 Å². The van der Waals surface area contributed by atoms with Gasteiger partial charge >= 0.3 is 0 Å². The SMILES string of the molecule is O=C1CCC(N2Cc3c(CN4CC[C@@H]5NCCC[C@@H]5C4)cccc3C2=O)C(=O)N1. The summed E-state index contributed by atoms with van der Waals surface area (Å²) in [5.41, 5.74) is 2.94. The van der Waals surface area contributed by atoms with E-state index in [1.807, 2.05) is 12.1 Å². The van der Waals surface area contributed by atoms with E-state index in [1.54, 1.807) is 4.90 Å². The summed E-state index contributed by atoms with van der Waals surface area (Å²) in [5, 5.41) is 6.04. The lowest BCUT2D eigenvalue weighted by Gasteiger charge is -2.42. The average molecular weight is 396 g/mol. The van der Waals surface area contributed by atoms with E-state index in [1.165, 1.54) is 24.8 Å². The van der Waals surface area contributed by atoms with E-state index in [-0.39, 0.29) is 24.1 Å². The zero-order valence-corrected chi connectivity index (χ0v) is 16.7. The molecule has 7 heteroatoms. The van der Waals surface area contributed by atoms with Crippen molar-refractivity contribution in [1.82, 2.24) is 20.4 Å². The van der Waals surface area contributed by atoms with Gasteiger partial charge < -0.3 is 10.2 Å². The maximum absolute atomic E-state index is 13.0. The highest BCUT2D eigenvalue weighted by Crippen LogP contribution is 2.32. The average Bonchev–Trinajstić information content (AvgIpc) is 3.06. The molecule has 2 N–H and O–H groups in total. The van der Waals surface area contributed by atoms with E-state index in [0.717, 1.165) is 37.7 Å². The Kier molecular flexibility index (Phi) is 4.87. The van der Waals surface area contributed by atoms with Crippen LogP contribution in [0.5, 0.6) is 0 Å². The quantitative estimate of drug-likeness (QED) is 0.746. The van der Waals surface area contributed by atoms with E-state index in [0.29, 0.717) is 24.6 Å². The molecule has 4 aliphatic rings. The molecule has 3 amide bonds. The van der Waals surface area contributed by atoms with Gasteiger partial charge in [-0.15, -0.1) is 0 Å². The Morgan fingerprint density at radius 1 is 1.10 bits per heavy atom. The number of piperidine rings is 3. The van der Waals surface area contributed by atoms with Crippen LogP contribution in [-0.2, 0) is 22.7 Å². The summed E-state index contributed by atoms with van der Waals surface area (Å²) in [6.07, 6.45) is 4.42. The van der Waals surface area contributed by atoms with Crippen LogP contribution in [0.4, 0.5) is 0 Å². The summed E-state index contributed by atoms with van der Waals surface area (Å²) in [7, 11) is 0. The van der Waals surface area contributed by atoms with Gasteiger partial charge in [0.25, 0.3) is 5.91 Å². The lowest BCUT2D eigenvalue weighted by molar-refractivity contribution is -0.136. The van der Waals surface area contributed by atoms with Crippen LogP contribution in [0.2, 0.25) is 0 Å². The Morgan fingerprint density at radius 2 is 2.00 bits per heavy atom. The molecule has 4 aliphatic heterocycles. The van der Waals surface area contributed by atoms with Gasteiger partial charge in [0.1, 0.15) is 6.04 Å². The van der Waals surface area contributed by atoms with Gasteiger partial charge in [0, 0.05) is 37.7 Å². The Bertz CT molecular complexity index is 854. The molecule has 5 rings (SSSR count). The van der Waals surface area contributed by atoms with Crippen molar-refractivity contribution in [3.05, 3.63) is 34.9 Å². The largest absolute Gasteiger partial charge is 0.322 e. The summed E-state index contributed by atoms with van der Waals surface area (Å²) in [4.78, 5) is 40.9. The Labute approximate surface area is 170 Å². The maximum atomic E-state index is 13.0. The molecule has 0 spiro atoms. The third-order valence-corrected chi connectivity index (χ3v) is 7.05. The van der Waals surface area contributed by atoms with Crippen LogP contribution in [0.1, 0.15) is 53.6 Å². The molecule has 7 nitrogen and oxygen atoms in total. The van der Waals surface area contributed by atoms with Crippen LogP contribution >= 0.6 is 0 Å². The third kappa shape index (κ3) is 3.46. The summed E-state index contributed by atoms with van der Waals surface area (Å²) in [5.74, 6) is 0.0231. The van der Waals surface area contributed by atoms with Gasteiger partial charge in [0.2, 0.25) is 11.8 Å². The molecule has 0 radical (unpaired) electrons. The van der Waals surface area contributed by atoms with E-state index >= 15 is 0 Å². The number of hydrogen-bond acceptors (Lipinski definition) is 5. The normalized spacial score (nSPS) is 30.1. The molecule has 4 heterocycles. The van der Waals surface area contributed by atoms with E-state index in [9.17, 15) is 14.4 Å². The van der Waals surface area contributed by atoms with Crippen molar-refractivity contribution >= 4 is 17.7 Å². The highest BCUT2D eigenvalue weighted by atomic mass is 16.2. The number of carbonyl (C=O) groups excluding carboxylic acids is 3. The van der Waals surface area contributed by atoms with Gasteiger partial charge in [-0.1, -0.05) is 12.1 Å². The third-order valence-electron chi connectivity index (χ3n) is 7.05. The van der Waals surface area contributed by atoms with Crippen molar-refractivity contribution < 1.29 is 14.4 Å². The van der Waals surface area contributed by atoms with E-state index < -0.39 is 6.04 Å². The molecule has 0 aliphatic carbocycles. The van der Waals surface area contributed by atoms with Crippen molar-refractivity contribution in [3.63, 3.8) is 0 Å². The molecule has 154 valence electrons. The van der Waals surface area contributed by atoms with Crippen LogP contribution in [0, 0.1) is 5.92 Å². The minimum absolute atomic E-state index is 0.0912. The molecule has 1 aromatic carbocycles. The van der Waals surface area contributed by atoms with Crippen molar-refractivity contribution in [3.8, 4) is 0 Å². The number of carbonyl (C=O) groups is 3. The predicted octanol–water partition coefficient (Wildman–Crippen LogP) is 1.02. The second-order valence-electron chi connectivity index (χ2n) is 8.83. The zero-order chi connectivity index (χ0) is 20.0. The van der Waals surface area contributed by atoms with Gasteiger partial charge in [-0.3, -0.25) is 24.6 Å². The highest BCUT2D eigenvalue weighted by molar-refractivity contribution is 6.05. The van der Waals surface area contributed by atoms with Gasteiger partial charge in [-0.25, -0.2) is 0 Å². The molecule has 3 fully saturated rings. The first-order valence-electron chi connectivity index (χ1n) is 10.8. The molecule has 29 heavy (non-hydrogen) atoms. The molecule has 0 saturated carbocycles. The van der Waals surface area contributed by atoms with Crippen molar-refractivity contribution in [1.29, 1.82) is 0 Å². The van der Waals surface area contributed by atoms with E-state index in [4.69, 9.17) is 0 Å². The second-order valence-corrected chi connectivity index (χ2v) is 8.83. The fourth-order valence-electron chi connectivity index (χ4n) is 5.50. The van der Waals surface area contributed by atoms with Crippen LogP contribution < -0.4 is 10.6 Å². The molecule has 3 atom stereocenters. The monoisotopic (exact) mass is 396 g/mol. The number of nitrogens with zero attached hydrogens (tertiary/aromatic N) is 2. The smallest absolute Gasteiger partial charge is 0.255 e. The molecular weight excluding hydrogens is 368 g/mol. The number of amides is 3. The van der Waals surface area contributed by atoms with Gasteiger partial charge in [-0.05, 0) is 61.9 Å². The lowest BCUT2D eigenvalue weighted by atomic mass is 9.85. The summed E-state index contributed by atoms with van der Waals surface area (Å²) in [6, 6.07) is 6.04. The first-order valence-corrected chi connectivity index (χ1v) is 10.8. The van der Waals surface area contributed by atoms with Crippen molar-refractivity contribution in [2.45, 2.75) is 57.3 Å². The van der Waals surface area contributed by atoms with E-state index in [2.05, 4.69) is 21.6 Å². The number of nitrogens with one attached hydrogen (secondary N) is 2. The Hall–Kier alpha value is -2.25. The predicted molar refractivity (Wildman–Crippen MR) is 107 cm³/mol. The molecule has 3 saturated heterocycles. The molecule has 0 bridgehead atoms. The van der Waals surface area contributed by atoms with Crippen molar-refractivity contribution in [2.24, 2.45) is 5.92 Å². The summed E-state index contributed by atoms with van der Waals surface area (Å²) >= 11 is 0. The first kappa shape index (κ1) is 18.8. The number of likely N-dealkylation sites (tertiary alicyclic amines) is 1. The second kappa shape index (κ2) is 7.54. The Morgan fingerprint density at radius 3 is 2.86 bits per heavy atom. The van der Waals surface area contributed by atoms with Crippen LogP contribution in [0.25, 0.3) is 0 Å². The fourth-order valence-corrected chi connectivity index (χ4v) is 5.50. The van der Waals surface area contributed by atoms with Crippen LogP contribution in [0.15, 0.2) is 18.2 Å². The standard InChI is InChI=1S/C22H28N4O3/c27-20-7-6-19(21(28)24-20)26-13-17-14(3-1-5-16(17)22(26)29)11-25-10-8-18-15(12-25)4-2-9-23-18/h1,3,5,15,18-19,23H,2,4,6-13H2,(H,24,27,28)/t15-,18+,19?/m1/s1. The zero-order valence-electron chi connectivity index (χ0n) is 16.7. The summed E-state index contributed by atoms with van der Waals surface area (Å²) < 4.78 is 0. The van der Waals surface area contributed by atoms with Crippen LogP contribution in [0.3, 0.4) is 0 Å². The van der Waals surface area contributed by atoms with Gasteiger partial charge in [-0.2, -0.15) is 0 Å². The number of hydrogen-bond donors (Lipinski definition) is 2. The summed E-state index contributed by atoms with van der Waals surface area (Å²) in [6.45, 7) is 4.63. The number of benzene rings is 1. The lowest BCUT2D eigenvalue weighted by Crippen LogP contribution is -2.52. The number of rotatable bonds is 3. The highest BCUT2D eigenvalue weighted by Gasteiger charge is 2.40. The van der Waals surface area contributed by atoms with Gasteiger partial charge in [0.05, 0.1) is 0 Å². The molecule has 0 aromatic heterocycles. The van der Waals surface area contributed by atoms with Crippen LogP contribution in [-0.4, -0.2) is 59.2 Å². The number of fused-ring (bicyclic) bond motifs is 2. The minimum atomic E-state index is -0.551. The minimum Gasteiger partial charge on any atom is -0.322 e. The van der Waals surface area contributed by atoms with Gasteiger partial charge in [0.15, 0.2) is 0 Å². The molecule has 1 aromatic rings. The first-order chi connectivity index (χ1) is 14.1.